The number of ether oxygens (including phenoxy) is 1. The van der Waals surface area contributed by atoms with Gasteiger partial charge in [0.25, 0.3) is 0 Å². The summed E-state index contributed by atoms with van der Waals surface area (Å²) in [7, 11) is 3.52. The van der Waals surface area contributed by atoms with Gasteiger partial charge in [-0.15, -0.1) is 0 Å². The standard InChI is InChI=1S/C11H21N3O/c1-12-11(13-8-5-9-15-2)14-10-6-3-4-7-10/h3-4,10H,5-9H2,1-2H3,(H2,12,13,14). The molecule has 0 saturated carbocycles. The van der Waals surface area contributed by atoms with E-state index in [4.69, 9.17) is 4.74 Å². The van der Waals surface area contributed by atoms with Crippen LogP contribution in [0.15, 0.2) is 17.1 Å². The molecule has 0 heterocycles. The highest BCUT2D eigenvalue weighted by Crippen LogP contribution is 2.08. The van der Waals surface area contributed by atoms with Crippen molar-refractivity contribution in [3.05, 3.63) is 12.2 Å². The summed E-state index contributed by atoms with van der Waals surface area (Å²) in [6.07, 6.45) is 7.60. The van der Waals surface area contributed by atoms with Crippen LogP contribution in [0, 0.1) is 0 Å². The maximum atomic E-state index is 4.98. The molecule has 0 aliphatic heterocycles. The predicted molar refractivity (Wildman–Crippen MR) is 63.2 cm³/mol. The van der Waals surface area contributed by atoms with E-state index in [1.54, 1.807) is 14.2 Å². The van der Waals surface area contributed by atoms with E-state index in [9.17, 15) is 0 Å². The minimum absolute atomic E-state index is 0.513. The number of guanidine groups is 1. The van der Waals surface area contributed by atoms with Crippen LogP contribution in [-0.2, 0) is 4.74 Å². The molecule has 0 saturated heterocycles. The Bertz CT molecular complexity index is 218. The Morgan fingerprint density at radius 3 is 2.80 bits per heavy atom. The van der Waals surface area contributed by atoms with Gasteiger partial charge in [-0.1, -0.05) is 12.2 Å². The molecule has 0 aromatic rings. The first kappa shape index (κ1) is 12.0. The number of methoxy groups -OCH3 is 1. The van der Waals surface area contributed by atoms with Gasteiger partial charge in [0.05, 0.1) is 0 Å². The predicted octanol–water partition coefficient (Wildman–Crippen LogP) is 0.906. The summed E-state index contributed by atoms with van der Waals surface area (Å²) in [5.74, 6) is 0.889. The number of rotatable bonds is 5. The van der Waals surface area contributed by atoms with Gasteiger partial charge in [-0.25, -0.2) is 0 Å². The van der Waals surface area contributed by atoms with Crippen LogP contribution < -0.4 is 10.6 Å². The Morgan fingerprint density at radius 2 is 2.20 bits per heavy atom. The van der Waals surface area contributed by atoms with Gasteiger partial charge in [-0.2, -0.15) is 0 Å². The fourth-order valence-corrected chi connectivity index (χ4v) is 1.55. The molecule has 0 fully saturated rings. The summed E-state index contributed by atoms with van der Waals surface area (Å²) < 4.78 is 4.98. The maximum absolute atomic E-state index is 4.98. The van der Waals surface area contributed by atoms with Crippen LogP contribution in [0.2, 0.25) is 0 Å². The Balaban J connectivity index is 2.13. The fourth-order valence-electron chi connectivity index (χ4n) is 1.55. The largest absolute Gasteiger partial charge is 0.385 e. The van der Waals surface area contributed by atoms with Crippen molar-refractivity contribution in [2.75, 3.05) is 27.3 Å². The van der Waals surface area contributed by atoms with E-state index >= 15 is 0 Å². The van der Waals surface area contributed by atoms with Crippen molar-refractivity contribution in [1.82, 2.24) is 10.6 Å². The molecule has 1 aliphatic rings. The molecule has 1 aliphatic carbocycles. The minimum Gasteiger partial charge on any atom is -0.385 e. The van der Waals surface area contributed by atoms with Crippen molar-refractivity contribution in [1.29, 1.82) is 0 Å². The summed E-state index contributed by atoms with van der Waals surface area (Å²) in [6, 6.07) is 0.513. The van der Waals surface area contributed by atoms with Crippen LogP contribution in [0.25, 0.3) is 0 Å². The fraction of sp³-hybridized carbons (Fsp3) is 0.727. The van der Waals surface area contributed by atoms with Gasteiger partial charge >= 0.3 is 0 Å². The zero-order valence-electron chi connectivity index (χ0n) is 9.62. The van der Waals surface area contributed by atoms with Crippen molar-refractivity contribution >= 4 is 5.96 Å². The van der Waals surface area contributed by atoms with Gasteiger partial charge in [0, 0.05) is 33.4 Å². The number of hydrogen-bond donors (Lipinski definition) is 2. The first-order chi connectivity index (χ1) is 7.36. The van der Waals surface area contributed by atoms with E-state index in [-0.39, 0.29) is 0 Å². The number of nitrogens with zero attached hydrogens (tertiary/aromatic N) is 1. The Labute approximate surface area is 91.8 Å². The zero-order chi connectivity index (χ0) is 10.9. The summed E-state index contributed by atoms with van der Waals surface area (Å²) in [5, 5.41) is 6.64. The molecule has 0 bridgehead atoms. The molecule has 0 aromatic heterocycles. The van der Waals surface area contributed by atoms with Crippen molar-refractivity contribution in [3.63, 3.8) is 0 Å². The van der Waals surface area contributed by atoms with Crippen molar-refractivity contribution in [2.45, 2.75) is 25.3 Å². The molecule has 2 N–H and O–H groups in total. The lowest BCUT2D eigenvalue weighted by molar-refractivity contribution is 0.195. The SMILES string of the molecule is CN=C(NCCCOC)NC1CC=CC1. The normalized spacial score (nSPS) is 17.1. The van der Waals surface area contributed by atoms with E-state index < -0.39 is 0 Å². The molecular formula is C11H21N3O. The third-order valence-corrected chi connectivity index (χ3v) is 2.39. The molecule has 15 heavy (non-hydrogen) atoms. The molecule has 0 radical (unpaired) electrons. The van der Waals surface area contributed by atoms with Gasteiger partial charge in [0.2, 0.25) is 0 Å². The van der Waals surface area contributed by atoms with Crippen LogP contribution in [0.4, 0.5) is 0 Å². The third-order valence-electron chi connectivity index (χ3n) is 2.39. The van der Waals surface area contributed by atoms with Gasteiger partial charge in [0.1, 0.15) is 0 Å². The smallest absolute Gasteiger partial charge is 0.191 e. The van der Waals surface area contributed by atoms with Gasteiger partial charge < -0.3 is 15.4 Å². The Hall–Kier alpha value is -1.03. The topological polar surface area (TPSA) is 45.7 Å². The quantitative estimate of drug-likeness (QED) is 0.307. The van der Waals surface area contributed by atoms with Gasteiger partial charge in [-0.05, 0) is 19.3 Å². The van der Waals surface area contributed by atoms with E-state index in [0.29, 0.717) is 6.04 Å². The second-order valence-corrected chi connectivity index (χ2v) is 3.63. The zero-order valence-corrected chi connectivity index (χ0v) is 9.62. The number of aliphatic imine (C=N–C) groups is 1. The molecule has 1 rings (SSSR count). The average Bonchev–Trinajstić information content (AvgIpc) is 2.75. The molecule has 0 spiro atoms. The first-order valence-corrected chi connectivity index (χ1v) is 5.48. The van der Waals surface area contributed by atoms with E-state index in [1.165, 1.54) is 0 Å². The lowest BCUT2D eigenvalue weighted by Gasteiger charge is -2.16. The summed E-state index contributed by atoms with van der Waals surface area (Å²) in [4.78, 5) is 4.18. The monoisotopic (exact) mass is 211 g/mol. The molecule has 0 amide bonds. The second-order valence-electron chi connectivity index (χ2n) is 3.63. The molecule has 0 aromatic carbocycles. The van der Waals surface area contributed by atoms with Crippen molar-refractivity contribution < 1.29 is 4.74 Å². The lowest BCUT2D eigenvalue weighted by atomic mass is 10.2. The van der Waals surface area contributed by atoms with Crippen LogP contribution in [0.5, 0.6) is 0 Å². The van der Waals surface area contributed by atoms with Crippen LogP contribution in [-0.4, -0.2) is 39.3 Å². The Kier molecular flexibility index (Phi) is 5.85. The van der Waals surface area contributed by atoms with Crippen molar-refractivity contribution in [2.24, 2.45) is 4.99 Å². The summed E-state index contributed by atoms with van der Waals surface area (Å²) in [6.45, 7) is 1.68. The highest BCUT2D eigenvalue weighted by Gasteiger charge is 2.10. The van der Waals surface area contributed by atoms with E-state index in [1.807, 2.05) is 0 Å². The first-order valence-electron chi connectivity index (χ1n) is 5.48. The van der Waals surface area contributed by atoms with Gasteiger partial charge in [0.15, 0.2) is 5.96 Å². The summed E-state index contributed by atoms with van der Waals surface area (Å²) >= 11 is 0. The molecule has 86 valence electrons. The van der Waals surface area contributed by atoms with Crippen molar-refractivity contribution in [3.8, 4) is 0 Å². The van der Waals surface area contributed by atoms with Gasteiger partial charge in [-0.3, -0.25) is 4.99 Å². The number of hydrogen-bond acceptors (Lipinski definition) is 2. The van der Waals surface area contributed by atoms with Crippen LogP contribution >= 0.6 is 0 Å². The third kappa shape index (κ3) is 4.83. The highest BCUT2D eigenvalue weighted by atomic mass is 16.5. The van der Waals surface area contributed by atoms with Crippen LogP contribution in [0.3, 0.4) is 0 Å². The molecule has 0 atom stereocenters. The molecular weight excluding hydrogens is 190 g/mol. The summed E-state index contributed by atoms with van der Waals surface area (Å²) in [5.41, 5.74) is 0. The molecule has 4 heteroatoms. The highest BCUT2D eigenvalue weighted by molar-refractivity contribution is 5.80. The Morgan fingerprint density at radius 1 is 1.47 bits per heavy atom. The average molecular weight is 211 g/mol. The van der Waals surface area contributed by atoms with E-state index in [0.717, 1.165) is 38.4 Å². The molecule has 0 unspecified atom stereocenters. The molecule has 4 nitrogen and oxygen atoms in total. The lowest BCUT2D eigenvalue weighted by Crippen LogP contribution is -2.42. The second kappa shape index (κ2) is 7.29. The number of nitrogens with one attached hydrogen (secondary N) is 2. The van der Waals surface area contributed by atoms with E-state index in [2.05, 4.69) is 27.8 Å². The minimum atomic E-state index is 0.513. The van der Waals surface area contributed by atoms with Crippen LogP contribution in [0.1, 0.15) is 19.3 Å². The maximum Gasteiger partial charge on any atom is 0.191 e.